The Balaban J connectivity index is 1.71. The fourth-order valence-electron chi connectivity index (χ4n) is 4.31. The molecule has 0 bridgehead atoms. The van der Waals surface area contributed by atoms with Crippen molar-refractivity contribution in [1.82, 2.24) is 10.2 Å². The second kappa shape index (κ2) is 5.23. The standard InChI is InChI=1S/C19H26N2O2/c1-12-9-15(10-13(2)16(12)22)17-20-19(7-3-4-8-19)18(23)21(17)11-14-5-6-14/h9-10,14,17,20,22H,3-8,11H2,1-2H3. The molecule has 23 heavy (non-hydrogen) atoms. The van der Waals surface area contributed by atoms with Crippen LogP contribution in [0.1, 0.15) is 61.4 Å². The lowest BCUT2D eigenvalue weighted by Crippen LogP contribution is -2.44. The molecule has 1 aromatic rings. The minimum absolute atomic E-state index is 0.0424. The smallest absolute Gasteiger partial charge is 0.244 e. The number of benzene rings is 1. The molecule has 1 saturated heterocycles. The topological polar surface area (TPSA) is 52.6 Å². The third-order valence-electron chi connectivity index (χ3n) is 5.83. The summed E-state index contributed by atoms with van der Waals surface area (Å²) in [6, 6.07) is 4.06. The molecular weight excluding hydrogens is 288 g/mol. The van der Waals surface area contributed by atoms with Crippen LogP contribution in [0.3, 0.4) is 0 Å². The summed E-state index contributed by atoms with van der Waals surface area (Å²) in [5.41, 5.74) is 2.54. The second-order valence-electron chi connectivity index (χ2n) is 7.74. The number of phenols is 1. The first-order valence-electron chi connectivity index (χ1n) is 8.89. The quantitative estimate of drug-likeness (QED) is 0.901. The van der Waals surface area contributed by atoms with E-state index < -0.39 is 0 Å². The maximum atomic E-state index is 13.1. The number of amides is 1. The first-order chi connectivity index (χ1) is 11.0. The lowest BCUT2D eigenvalue weighted by atomic mass is 9.98. The van der Waals surface area contributed by atoms with Crippen molar-refractivity contribution in [2.45, 2.75) is 64.1 Å². The largest absolute Gasteiger partial charge is 0.507 e. The van der Waals surface area contributed by atoms with Crippen LogP contribution in [0.5, 0.6) is 5.75 Å². The van der Waals surface area contributed by atoms with E-state index in [-0.39, 0.29) is 11.7 Å². The Kier molecular flexibility index (Phi) is 3.41. The van der Waals surface area contributed by atoms with E-state index in [0.717, 1.165) is 48.9 Å². The molecule has 1 atom stereocenters. The third kappa shape index (κ3) is 2.44. The number of phenolic OH excluding ortho intramolecular Hbond substituents is 1. The van der Waals surface area contributed by atoms with E-state index in [4.69, 9.17) is 0 Å². The zero-order valence-corrected chi connectivity index (χ0v) is 14.1. The van der Waals surface area contributed by atoms with E-state index in [1.165, 1.54) is 12.8 Å². The maximum absolute atomic E-state index is 13.1. The van der Waals surface area contributed by atoms with Crippen LogP contribution >= 0.6 is 0 Å². The molecule has 0 radical (unpaired) electrons. The normalized spacial score (nSPS) is 26.4. The Morgan fingerprint density at radius 2 is 1.83 bits per heavy atom. The second-order valence-corrected chi connectivity index (χ2v) is 7.74. The van der Waals surface area contributed by atoms with Crippen LogP contribution < -0.4 is 5.32 Å². The average molecular weight is 314 g/mol. The predicted molar refractivity (Wildman–Crippen MR) is 89.1 cm³/mol. The minimum Gasteiger partial charge on any atom is -0.507 e. The molecule has 124 valence electrons. The minimum atomic E-state index is -0.334. The van der Waals surface area contributed by atoms with Crippen molar-refractivity contribution >= 4 is 5.91 Å². The zero-order chi connectivity index (χ0) is 16.2. The third-order valence-corrected chi connectivity index (χ3v) is 5.83. The van der Waals surface area contributed by atoms with Gasteiger partial charge in [0, 0.05) is 6.54 Å². The number of nitrogens with one attached hydrogen (secondary N) is 1. The van der Waals surface area contributed by atoms with Crippen molar-refractivity contribution in [3.05, 3.63) is 28.8 Å². The molecule has 0 aromatic heterocycles. The highest BCUT2D eigenvalue weighted by molar-refractivity contribution is 5.89. The molecule has 2 aliphatic carbocycles. The Hall–Kier alpha value is -1.55. The lowest BCUT2D eigenvalue weighted by Gasteiger charge is -2.25. The highest BCUT2D eigenvalue weighted by Crippen LogP contribution is 2.43. The Morgan fingerprint density at radius 1 is 1.22 bits per heavy atom. The van der Waals surface area contributed by atoms with Gasteiger partial charge in [-0.2, -0.15) is 0 Å². The molecule has 1 heterocycles. The predicted octanol–water partition coefficient (Wildman–Crippen LogP) is 3.16. The summed E-state index contributed by atoms with van der Waals surface area (Å²) in [7, 11) is 0. The highest BCUT2D eigenvalue weighted by atomic mass is 16.3. The Labute approximate surface area is 137 Å². The zero-order valence-electron chi connectivity index (χ0n) is 14.1. The van der Waals surface area contributed by atoms with E-state index in [0.29, 0.717) is 17.6 Å². The van der Waals surface area contributed by atoms with Gasteiger partial charge in [-0.15, -0.1) is 0 Å². The molecule has 3 fully saturated rings. The summed E-state index contributed by atoms with van der Waals surface area (Å²) in [5.74, 6) is 1.34. The van der Waals surface area contributed by atoms with Gasteiger partial charge in [0.25, 0.3) is 0 Å². The first kappa shape index (κ1) is 15.0. The number of rotatable bonds is 3. The molecule has 2 saturated carbocycles. The number of carbonyl (C=O) groups excluding carboxylic acids is 1. The van der Waals surface area contributed by atoms with Crippen LogP contribution in [-0.4, -0.2) is 28.0 Å². The van der Waals surface area contributed by atoms with E-state index in [1.54, 1.807) is 0 Å². The monoisotopic (exact) mass is 314 g/mol. The molecule has 1 aromatic carbocycles. The summed E-state index contributed by atoms with van der Waals surface area (Å²) >= 11 is 0. The number of carbonyl (C=O) groups is 1. The molecule has 4 nitrogen and oxygen atoms in total. The van der Waals surface area contributed by atoms with E-state index in [2.05, 4.69) is 10.2 Å². The molecule has 1 amide bonds. The van der Waals surface area contributed by atoms with Crippen LogP contribution in [0.2, 0.25) is 0 Å². The van der Waals surface area contributed by atoms with Crippen molar-refractivity contribution in [3.8, 4) is 5.75 Å². The van der Waals surface area contributed by atoms with Crippen molar-refractivity contribution in [3.63, 3.8) is 0 Å². The first-order valence-corrected chi connectivity index (χ1v) is 8.89. The van der Waals surface area contributed by atoms with Crippen LogP contribution in [-0.2, 0) is 4.79 Å². The molecule has 4 rings (SSSR count). The number of nitrogens with zero attached hydrogens (tertiary/aromatic N) is 1. The number of aryl methyl sites for hydroxylation is 2. The summed E-state index contributed by atoms with van der Waals surface area (Å²) in [4.78, 5) is 15.2. The summed E-state index contributed by atoms with van der Waals surface area (Å²) < 4.78 is 0. The summed E-state index contributed by atoms with van der Waals surface area (Å²) in [5, 5.41) is 13.7. The SMILES string of the molecule is Cc1cc(C2NC3(CCCC3)C(=O)N2CC2CC2)cc(C)c1O. The van der Waals surface area contributed by atoms with Gasteiger partial charge in [0.05, 0.1) is 5.54 Å². The van der Waals surface area contributed by atoms with Gasteiger partial charge >= 0.3 is 0 Å². The Bertz CT molecular complexity index is 622. The molecule has 2 N–H and O–H groups in total. The van der Waals surface area contributed by atoms with Gasteiger partial charge in [0.2, 0.25) is 5.91 Å². The molecule has 3 aliphatic rings. The average Bonchev–Trinajstić information content (AvgIpc) is 3.15. The van der Waals surface area contributed by atoms with Gasteiger partial charge in [-0.3, -0.25) is 10.1 Å². The maximum Gasteiger partial charge on any atom is 0.244 e. The Morgan fingerprint density at radius 3 is 2.39 bits per heavy atom. The van der Waals surface area contributed by atoms with Crippen molar-refractivity contribution in [2.75, 3.05) is 6.54 Å². The molecule has 4 heteroatoms. The van der Waals surface area contributed by atoms with Crippen LogP contribution in [0.25, 0.3) is 0 Å². The van der Waals surface area contributed by atoms with Crippen molar-refractivity contribution < 1.29 is 9.90 Å². The summed E-state index contributed by atoms with van der Waals surface area (Å²) in [6.45, 7) is 4.73. The highest BCUT2D eigenvalue weighted by Gasteiger charge is 2.53. The molecule has 1 spiro atoms. The number of hydrogen-bond acceptors (Lipinski definition) is 3. The van der Waals surface area contributed by atoms with Gasteiger partial charge in [-0.25, -0.2) is 0 Å². The molecular formula is C19H26N2O2. The van der Waals surface area contributed by atoms with Crippen LogP contribution in [0.4, 0.5) is 0 Å². The lowest BCUT2D eigenvalue weighted by molar-refractivity contribution is -0.133. The molecule has 1 unspecified atom stereocenters. The van der Waals surface area contributed by atoms with Crippen LogP contribution in [0, 0.1) is 19.8 Å². The molecule has 1 aliphatic heterocycles. The number of aromatic hydroxyl groups is 1. The van der Waals surface area contributed by atoms with Gasteiger partial charge < -0.3 is 10.0 Å². The van der Waals surface area contributed by atoms with Gasteiger partial charge in [-0.05, 0) is 74.3 Å². The summed E-state index contributed by atoms with van der Waals surface area (Å²) in [6.07, 6.45) is 6.64. The van der Waals surface area contributed by atoms with Gasteiger partial charge in [-0.1, -0.05) is 12.8 Å². The van der Waals surface area contributed by atoms with Crippen molar-refractivity contribution in [2.24, 2.45) is 5.92 Å². The fraction of sp³-hybridized carbons (Fsp3) is 0.632. The van der Waals surface area contributed by atoms with Crippen molar-refractivity contribution in [1.29, 1.82) is 0 Å². The fourth-order valence-corrected chi connectivity index (χ4v) is 4.31. The van der Waals surface area contributed by atoms with Crippen LogP contribution in [0.15, 0.2) is 12.1 Å². The van der Waals surface area contributed by atoms with E-state index in [9.17, 15) is 9.90 Å². The van der Waals surface area contributed by atoms with Gasteiger partial charge in [0.15, 0.2) is 0 Å². The number of hydrogen-bond donors (Lipinski definition) is 2. The van der Waals surface area contributed by atoms with E-state index in [1.807, 2.05) is 26.0 Å². The van der Waals surface area contributed by atoms with Gasteiger partial charge in [0.1, 0.15) is 11.9 Å². The van der Waals surface area contributed by atoms with E-state index >= 15 is 0 Å².